The van der Waals surface area contributed by atoms with E-state index in [4.69, 9.17) is 5.73 Å². The van der Waals surface area contributed by atoms with Gasteiger partial charge in [-0.2, -0.15) is 0 Å². The minimum Gasteiger partial charge on any atom is -0.375 e. The topological polar surface area (TPSA) is 38.9 Å². The summed E-state index contributed by atoms with van der Waals surface area (Å²) in [4.78, 5) is 5.58. The van der Waals surface area contributed by atoms with Gasteiger partial charge in [0.1, 0.15) is 0 Å². The molecule has 0 fully saturated rings. The van der Waals surface area contributed by atoms with Gasteiger partial charge in [0, 0.05) is 5.56 Å². The molecule has 96 valence electrons. The molecule has 0 amide bonds. The van der Waals surface area contributed by atoms with Crippen LogP contribution in [0.3, 0.4) is 0 Å². The molecule has 0 aliphatic rings. The first-order valence-corrected chi connectivity index (χ1v) is 6.53. The van der Waals surface area contributed by atoms with E-state index in [0.717, 1.165) is 21.7 Å². The second kappa shape index (κ2) is 5.87. The zero-order chi connectivity index (χ0) is 12.4. The molecule has 0 bridgehead atoms. The number of anilines is 1. The summed E-state index contributed by atoms with van der Waals surface area (Å²) < 4.78 is 0. The van der Waals surface area contributed by atoms with E-state index < -0.39 is 0 Å². The molecule has 2 nitrogen and oxygen atoms in total. The number of nitrogens with zero attached hydrogens (tertiary/aromatic N) is 1. The first-order chi connectivity index (χ1) is 8.84. The summed E-state index contributed by atoms with van der Waals surface area (Å²) >= 11 is 1.53. The average molecular weight is 289 g/mol. The lowest BCUT2D eigenvalue weighted by Gasteiger charge is -2.02. The fourth-order valence-electron chi connectivity index (χ4n) is 1.91. The fourth-order valence-corrected chi connectivity index (χ4v) is 2.77. The highest BCUT2D eigenvalue weighted by molar-refractivity contribution is 7.19. The van der Waals surface area contributed by atoms with Crippen molar-refractivity contribution < 1.29 is 0 Å². The molecular formula is C15H13ClN2S. The average Bonchev–Trinajstić information content (AvgIpc) is 2.83. The number of nitrogens with two attached hydrogens (primary N) is 1. The van der Waals surface area contributed by atoms with Gasteiger partial charge in [0.2, 0.25) is 0 Å². The molecule has 0 saturated carbocycles. The van der Waals surface area contributed by atoms with Gasteiger partial charge in [0.25, 0.3) is 0 Å². The summed E-state index contributed by atoms with van der Waals surface area (Å²) in [6, 6.07) is 20.4. The molecule has 2 N–H and O–H groups in total. The van der Waals surface area contributed by atoms with E-state index >= 15 is 0 Å². The van der Waals surface area contributed by atoms with E-state index in [-0.39, 0.29) is 12.4 Å². The van der Waals surface area contributed by atoms with Crippen LogP contribution in [0.4, 0.5) is 5.13 Å². The van der Waals surface area contributed by atoms with Gasteiger partial charge in [0.15, 0.2) is 5.13 Å². The Morgan fingerprint density at radius 1 is 0.789 bits per heavy atom. The molecule has 0 aliphatic carbocycles. The highest BCUT2D eigenvalue weighted by atomic mass is 35.5. The van der Waals surface area contributed by atoms with Gasteiger partial charge in [-0.15, -0.1) is 12.4 Å². The van der Waals surface area contributed by atoms with Gasteiger partial charge in [-0.05, 0) is 5.56 Å². The van der Waals surface area contributed by atoms with Crippen molar-refractivity contribution in [2.75, 3.05) is 5.73 Å². The Bertz CT molecular complexity index is 593. The monoisotopic (exact) mass is 288 g/mol. The van der Waals surface area contributed by atoms with Crippen LogP contribution in [-0.2, 0) is 0 Å². The minimum atomic E-state index is 0. The van der Waals surface area contributed by atoms with Crippen LogP contribution in [0.1, 0.15) is 0 Å². The molecule has 19 heavy (non-hydrogen) atoms. The second-order valence-electron chi connectivity index (χ2n) is 3.96. The molecule has 3 rings (SSSR count). The van der Waals surface area contributed by atoms with Crippen LogP contribution < -0.4 is 5.73 Å². The summed E-state index contributed by atoms with van der Waals surface area (Å²) in [6.07, 6.45) is 0. The number of aromatic nitrogens is 1. The largest absolute Gasteiger partial charge is 0.375 e. The van der Waals surface area contributed by atoms with E-state index in [1.807, 2.05) is 36.4 Å². The first-order valence-electron chi connectivity index (χ1n) is 5.72. The number of thiazole rings is 1. The molecule has 0 saturated heterocycles. The molecule has 1 heterocycles. The third kappa shape index (κ3) is 2.78. The summed E-state index contributed by atoms with van der Waals surface area (Å²) in [5.41, 5.74) is 9.08. The Morgan fingerprint density at radius 2 is 1.32 bits per heavy atom. The minimum absolute atomic E-state index is 0. The molecule has 4 heteroatoms. The van der Waals surface area contributed by atoms with Crippen molar-refractivity contribution in [3.63, 3.8) is 0 Å². The smallest absolute Gasteiger partial charge is 0.181 e. The third-order valence-electron chi connectivity index (χ3n) is 2.73. The lowest BCUT2D eigenvalue weighted by Crippen LogP contribution is -1.83. The van der Waals surface area contributed by atoms with Crippen LogP contribution in [0.2, 0.25) is 0 Å². The maximum Gasteiger partial charge on any atom is 0.181 e. The van der Waals surface area contributed by atoms with Crippen LogP contribution in [0.25, 0.3) is 21.7 Å². The van der Waals surface area contributed by atoms with Crippen molar-refractivity contribution in [3.8, 4) is 21.7 Å². The van der Waals surface area contributed by atoms with E-state index in [1.165, 1.54) is 11.3 Å². The van der Waals surface area contributed by atoms with Crippen LogP contribution >= 0.6 is 23.7 Å². The molecule has 0 spiro atoms. The summed E-state index contributed by atoms with van der Waals surface area (Å²) in [5.74, 6) is 0. The number of halogens is 1. The quantitative estimate of drug-likeness (QED) is 0.755. The summed E-state index contributed by atoms with van der Waals surface area (Å²) in [5, 5.41) is 0.604. The van der Waals surface area contributed by atoms with E-state index in [1.54, 1.807) is 0 Å². The Hall–Kier alpha value is -1.84. The normalized spacial score (nSPS) is 9.89. The first kappa shape index (κ1) is 13.6. The fraction of sp³-hybridized carbons (Fsp3) is 0. The highest BCUT2D eigenvalue weighted by Gasteiger charge is 2.12. The predicted molar refractivity (Wildman–Crippen MR) is 84.6 cm³/mol. The zero-order valence-corrected chi connectivity index (χ0v) is 11.7. The van der Waals surface area contributed by atoms with Crippen LogP contribution in [0, 0.1) is 0 Å². The number of nitrogen functional groups attached to an aromatic ring is 1. The molecular weight excluding hydrogens is 276 g/mol. The molecule has 2 aromatic carbocycles. The van der Waals surface area contributed by atoms with Gasteiger partial charge in [-0.3, -0.25) is 0 Å². The van der Waals surface area contributed by atoms with E-state index in [2.05, 4.69) is 29.2 Å². The van der Waals surface area contributed by atoms with Crippen molar-refractivity contribution in [2.24, 2.45) is 0 Å². The van der Waals surface area contributed by atoms with Gasteiger partial charge in [-0.25, -0.2) is 4.98 Å². The van der Waals surface area contributed by atoms with Gasteiger partial charge in [0.05, 0.1) is 10.6 Å². The van der Waals surface area contributed by atoms with Gasteiger partial charge >= 0.3 is 0 Å². The second-order valence-corrected chi connectivity index (χ2v) is 4.99. The van der Waals surface area contributed by atoms with Gasteiger partial charge < -0.3 is 5.73 Å². The molecule has 1 aromatic heterocycles. The molecule has 3 aromatic rings. The Labute approximate surface area is 122 Å². The number of rotatable bonds is 2. The zero-order valence-electron chi connectivity index (χ0n) is 10.1. The predicted octanol–water partition coefficient (Wildman–Crippen LogP) is 4.48. The van der Waals surface area contributed by atoms with Crippen molar-refractivity contribution in [2.45, 2.75) is 0 Å². The number of hydrogen-bond acceptors (Lipinski definition) is 3. The van der Waals surface area contributed by atoms with Crippen LogP contribution in [0.5, 0.6) is 0 Å². The maximum atomic E-state index is 5.86. The Balaban J connectivity index is 0.00000133. The number of hydrogen-bond donors (Lipinski definition) is 1. The molecule has 0 aliphatic heterocycles. The highest BCUT2D eigenvalue weighted by Crippen LogP contribution is 2.37. The van der Waals surface area contributed by atoms with Crippen molar-refractivity contribution in [3.05, 3.63) is 60.7 Å². The third-order valence-corrected chi connectivity index (χ3v) is 3.66. The molecule has 0 radical (unpaired) electrons. The van der Waals surface area contributed by atoms with Crippen molar-refractivity contribution in [1.29, 1.82) is 0 Å². The van der Waals surface area contributed by atoms with E-state index in [0.29, 0.717) is 5.13 Å². The molecule has 0 atom stereocenters. The Kier molecular flexibility index (Phi) is 4.20. The summed E-state index contributed by atoms with van der Waals surface area (Å²) in [6.45, 7) is 0. The standard InChI is InChI=1S/C15H12N2S.ClH/c16-15-17-13(11-7-3-1-4-8-11)14(18-15)12-9-5-2-6-10-12;/h1-10H,(H2,16,17);1H. The lowest BCUT2D eigenvalue weighted by atomic mass is 10.1. The van der Waals surface area contributed by atoms with Crippen LogP contribution in [-0.4, -0.2) is 4.98 Å². The van der Waals surface area contributed by atoms with Crippen LogP contribution in [0.15, 0.2) is 60.7 Å². The Morgan fingerprint density at radius 3 is 1.89 bits per heavy atom. The van der Waals surface area contributed by atoms with Crippen molar-refractivity contribution in [1.82, 2.24) is 4.98 Å². The number of benzene rings is 2. The maximum absolute atomic E-state index is 5.86. The lowest BCUT2D eigenvalue weighted by molar-refractivity contribution is 1.41. The SMILES string of the molecule is Cl.Nc1nc(-c2ccccc2)c(-c2ccccc2)s1. The van der Waals surface area contributed by atoms with Gasteiger partial charge in [-0.1, -0.05) is 72.0 Å². The van der Waals surface area contributed by atoms with Crippen molar-refractivity contribution >= 4 is 28.9 Å². The summed E-state index contributed by atoms with van der Waals surface area (Å²) in [7, 11) is 0. The molecule has 0 unspecified atom stereocenters. The van der Waals surface area contributed by atoms with E-state index in [9.17, 15) is 0 Å².